The molecule has 34 heavy (non-hydrogen) atoms. The lowest BCUT2D eigenvalue weighted by molar-refractivity contribution is -0.143. The standard InChI is InChI=1S/C27H34N2O5/c1-16(2)13-14-23(25(30)29-24(17(3)4)26(31)32)28-27(33)34-15-22-20-11-7-5-9-18(20)19-10-6-8-12-21(19)22/h5-12,16-17,22-24H,13-15H2,1-4H3,(H,28,33)(H,29,30)(H,31,32). The van der Waals surface area contributed by atoms with Crippen molar-refractivity contribution in [2.24, 2.45) is 11.8 Å². The van der Waals surface area contributed by atoms with E-state index in [9.17, 15) is 19.5 Å². The summed E-state index contributed by atoms with van der Waals surface area (Å²) < 4.78 is 5.58. The molecule has 7 nitrogen and oxygen atoms in total. The van der Waals surface area contributed by atoms with Crippen LogP contribution in [0.4, 0.5) is 4.79 Å². The number of benzene rings is 2. The van der Waals surface area contributed by atoms with E-state index in [1.54, 1.807) is 13.8 Å². The Balaban J connectivity index is 1.68. The summed E-state index contributed by atoms with van der Waals surface area (Å²) in [7, 11) is 0. The third-order valence-electron chi connectivity index (χ3n) is 6.22. The highest BCUT2D eigenvalue weighted by Crippen LogP contribution is 2.44. The number of hydrogen-bond acceptors (Lipinski definition) is 4. The van der Waals surface area contributed by atoms with Gasteiger partial charge in [-0.1, -0.05) is 76.2 Å². The number of nitrogens with one attached hydrogen (secondary N) is 2. The van der Waals surface area contributed by atoms with E-state index >= 15 is 0 Å². The second-order valence-corrected chi connectivity index (χ2v) is 9.56. The maximum absolute atomic E-state index is 12.9. The molecule has 0 fully saturated rings. The van der Waals surface area contributed by atoms with Crippen LogP contribution in [0, 0.1) is 11.8 Å². The van der Waals surface area contributed by atoms with Crippen LogP contribution in [-0.4, -0.2) is 41.8 Å². The third-order valence-corrected chi connectivity index (χ3v) is 6.22. The van der Waals surface area contributed by atoms with Gasteiger partial charge in [-0.05, 0) is 46.9 Å². The van der Waals surface area contributed by atoms with Crippen LogP contribution in [0.1, 0.15) is 57.6 Å². The normalized spacial score (nSPS) is 14.3. The lowest BCUT2D eigenvalue weighted by Gasteiger charge is -2.24. The number of hydrogen-bond donors (Lipinski definition) is 3. The molecule has 0 saturated heterocycles. The SMILES string of the molecule is CC(C)CCC(NC(=O)OCC1c2ccccc2-c2ccccc21)C(=O)NC(C(=O)O)C(C)C. The van der Waals surface area contributed by atoms with E-state index in [0.717, 1.165) is 22.3 Å². The molecular weight excluding hydrogens is 432 g/mol. The summed E-state index contributed by atoms with van der Waals surface area (Å²) in [6, 6.07) is 14.2. The summed E-state index contributed by atoms with van der Waals surface area (Å²) in [5, 5.41) is 14.6. The molecule has 0 heterocycles. The molecule has 2 unspecified atom stereocenters. The lowest BCUT2D eigenvalue weighted by Crippen LogP contribution is -2.53. The van der Waals surface area contributed by atoms with Crippen LogP contribution < -0.4 is 10.6 Å². The van der Waals surface area contributed by atoms with Gasteiger partial charge in [-0.25, -0.2) is 9.59 Å². The van der Waals surface area contributed by atoms with Gasteiger partial charge in [0.1, 0.15) is 18.7 Å². The number of amides is 2. The maximum Gasteiger partial charge on any atom is 0.407 e. The van der Waals surface area contributed by atoms with Gasteiger partial charge in [0, 0.05) is 5.92 Å². The summed E-state index contributed by atoms with van der Waals surface area (Å²) in [5.41, 5.74) is 4.48. The minimum Gasteiger partial charge on any atom is -0.480 e. The predicted octanol–water partition coefficient (Wildman–Crippen LogP) is 4.56. The van der Waals surface area contributed by atoms with Crippen molar-refractivity contribution in [1.82, 2.24) is 10.6 Å². The molecule has 2 atom stereocenters. The number of rotatable bonds is 10. The van der Waals surface area contributed by atoms with E-state index in [0.29, 0.717) is 18.8 Å². The Bertz CT molecular complexity index is 988. The van der Waals surface area contributed by atoms with Gasteiger partial charge in [0.05, 0.1) is 0 Å². The molecule has 3 rings (SSSR count). The van der Waals surface area contributed by atoms with Crippen molar-refractivity contribution in [3.05, 3.63) is 59.7 Å². The molecule has 1 aliphatic rings. The Hall–Kier alpha value is -3.35. The molecular formula is C27H34N2O5. The van der Waals surface area contributed by atoms with Crippen molar-refractivity contribution in [3.8, 4) is 11.1 Å². The Kier molecular flexibility index (Phi) is 8.31. The zero-order valence-corrected chi connectivity index (χ0v) is 20.2. The van der Waals surface area contributed by atoms with Crippen molar-refractivity contribution in [3.63, 3.8) is 0 Å². The van der Waals surface area contributed by atoms with Gasteiger partial charge < -0.3 is 20.5 Å². The third kappa shape index (κ3) is 5.95. The van der Waals surface area contributed by atoms with Crippen LogP contribution in [0.2, 0.25) is 0 Å². The molecule has 0 spiro atoms. The fraction of sp³-hybridized carbons (Fsp3) is 0.444. The lowest BCUT2D eigenvalue weighted by atomic mass is 9.98. The molecule has 0 radical (unpaired) electrons. The molecule has 0 aliphatic heterocycles. The number of ether oxygens (including phenoxy) is 1. The van der Waals surface area contributed by atoms with Crippen molar-refractivity contribution in [2.45, 2.75) is 58.5 Å². The molecule has 0 bridgehead atoms. The van der Waals surface area contributed by atoms with Gasteiger partial charge in [0.25, 0.3) is 0 Å². The molecule has 2 aromatic carbocycles. The monoisotopic (exact) mass is 466 g/mol. The highest BCUT2D eigenvalue weighted by Gasteiger charge is 2.31. The zero-order valence-electron chi connectivity index (χ0n) is 20.2. The second kappa shape index (κ2) is 11.2. The van der Waals surface area contributed by atoms with E-state index < -0.39 is 30.1 Å². The zero-order chi connectivity index (χ0) is 24.8. The summed E-state index contributed by atoms with van der Waals surface area (Å²) in [5.74, 6) is -1.68. The van der Waals surface area contributed by atoms with E-state index in [-0.39, 0.29) is 18.4 Å². The Morgan fingerprint density at radius 3 is 1.94 bits per heavy atom. The summed E-state index contributed by atoms with van der Waals surface area (Å²) in [6.07, 6.45) is 0.390. The molecule has 0 saturated carbocycles. The number of alkyl carbamates (subject to hydrolysis) is 1. The van der Waals surface area contributed by atoms with Crippen molar-refractivity contribution in [1.29, 1.82) is 0 Å². The summed E-state index contributed by atoms with van der Waals surface area (Å²) >= 11 is 0. The van der Waals surface area contributed by atoms with Crippen LogP contribution in [0.5, 0.6) is 0 Å². The summed E-state index contributed by atoms with van der Waals surface area (Å²) in [6.45, 7) is 7.64. The largest absolute Gasteiger partial charge is 0.480 e. The highest BCUT2D eigenvalue weighted by atomic mass is 16.5. The van der Waals surface area contributed by atoms with Crippen molar-refractivity contribution < 1.29 is 24.2 Å². The topological polar surface area (TPSA) is 105 Å². The average molecular weight is 467 g/mol. The first-order chi connectivity index (χ1) is 16.2. The van der Waals surface area contributed by atoms with Crippen LogP contribution in [-0.2, 0) is 14.3 Å². The Morgan fingerprint density at radius 2 is 1.44 bits per heavy atom. The number of fused-ring (bicyclic) bond motifs is 3. The van der Waals surface area contributed by atoms with Gasteiger partial charge >= 0.3 is 12.1 Å². The first kappa shape index (κ1) is 25.3. The van der Waals surface area contributed by atoms with Gasteiger partial charge in [-0.3, -0.25) is 4.79 Å². The Labute approximate surface area is 200 Å². The van der Waals surface area contributed by atoms with E-state index in [1.165, 1.54) is 0 Å². The molecule has 1 aliphatic carbocycles. The molecule has 0 aromatic heterocycles. The fourth-order valence-corrected chi connectivity index (χ4v) is 4.32. The molecule has 7 heteroatoms. The van der Waals surface area contributed by atoms with E-state index in [4.69, 9.17) is 4.74 Å². The van der Waals surface area contributed by atoms with E-state index in [1.807, 2.05) is 50.2 Å². The van der Waals surface area contributed by atoms with Gasteiger partial charge in [-0.2, -0.15) is 0 Å². The van der Waals surface area contributed by atoms with Crippen molar-refractivity contribution >= 4 is 18.0 Å². The Morgan fingerprint density at radius 1 is 0.882 bits per heavy atom. The second-order valence-electron chi connectivity index (χ2n) is 9.56. The number of aliphatic carboxylic acids is 1. The first-order valence-electron chi connectivity index (χ1n) is 11.8. The highest BCUT2D eigenvalue weighted by molar-refractivity contribution is 5.89. The maximum atomic E-state index is 12.9. The molecule has 2 aromatic rings. The smallest absolute Gasteiger partial charge is 0.407 e. The van der Waals surface area contributed by atoms with Gasteiger partial charge in [0.2, 0.25) is 5.91 Å². The van der Waals surface area contributed by atoms with Crippen LogP contribution in [0.25, 0.3) is 11.1 Å². The molecule has 2 amide bonds. The predicted molar refractivity (Wildman–Crippen MR) is 130 cm³/mol. The molecule has 3 N–H and O–H groups in total. The van der Waals surface area contributed by atoms with Crippen LogP contribution >= 0.6 is 0 Å². The number of carbonyl (C=O) groups is 3. The average Bonchev–Trinajstić information content (AvgIpc) is 3.11. The van der Waals surface area contributed by atoms with E-state index in [2.05, 4.69) is 22.8 Å². The number of carbonyl (C=O) groups excluding carboxylic acids is 2. The molecule has 182 valence electrons. The van der Waals surface area contributed by atoms with Gasteiger partial charge in [0.15, 0.2) is 0 Å². The summed E-state index contributed by atoms with van der Waals surface area (Å²) in [4.78, 5) is 37.1. The first-order valence-corrected chi connectivity index (χ1v) is 11.8. The number of carboxylic acids is 1. The van der Waals surface area contributed by atoms with Crippen LogP contribution in [0.15, 0.2) is 48.5 Å². The number of carboxylic acid groups (broad SMARTS) is 1. The van der Waals surface area contributed by atoms with Gasteiger partial charge in [-0.15, -0.1) is 0 Å². The minimum absolute atomic E-state index is 0.0848. The van der Waals surface area contributed by atoms with Crippen LogP contribution in [0.3, 0.4) is 0 Å². The van der Waals surface area contributed by atoms with Crippen molar-refractivity contribution in [2.75, 3.05) is 6.61 Å². The minimum atomic E-state index is -1.10. The fourth-order valence-electron chi connectivity index (χ4n) is 4.32. The quantitative estimate of drug-likeness (QED) is 0.476.